The Morgan fingerprint density at radius 3 is 2.61 bits per heavy atom. The lowest BCUT2D eigenvalue weighted by atomic mass is 10.1. The second kappa shape index (κ2) is 8.75. The molecule has 2 N–H and O–H groups in total. The summed E-state index contributed by atoms with van der Waals surface area (Å²) in [4.78, 5) is 7.09. The number of nitrogens with zero attached hydrogens (tertiary/aromatic N) is 4. The van der Waals surface area contributed by atoms with E-state index in [-0.39, 0.29) is 0 Å². The van der Waals surface area contributed by atoms with Gasteiger partial charge in [0.2, 0.25) is 0 Å². The van der Waals surface area contributed by atoms with Gasteiger partial charge in [0, 0.05) is 37.3 Å². The molecule has 0 spiro atoms. The fraction of sp³-hybridized carbons (Fsp3) is 0.250. The maximum atomic E-state index is 5.55. The zero-order valence-corrected chi connectivity index (χ0v) is 17.6. The highest BCUT2D eigenvalue weighted by Gasteiger charge is 2.18. The van der Waals surface area contributed by atoms with Crippen molar-refractivity contribution < 1.29 is 4.74 Å². The van der Waals surface area contributed by atoms with Gasteiger partial charge in [-0.3, -0.25) is 0 Å². The summed E-state index contributed by atoms with van der Waals surface area (Å²) in [5, 5.41) is 4.86. The van der Waals surface area contributed by atoms with Crippen LogP contribution in [0.4, 0.5) is 11.6 Å². The first-order valence-corrected chi connectivity index (χ1v) is 10.6. The van der Waals surface area contributed by atoms with Gasteiger partial charge in [-0.05, 0) is 12.5 Å². The summed E-state index contributed by atoms with van der Waals surface area (Å²) in [5.41, 5.74) is 11.8. The third-order valence-corrected chi connectivity index (χ3v) is 5.40. The first-order valence-electron chi connectivity index (χ1n) is 10.6. The van der Waals surface area contributed by atoms with Crippen LogP contribution >= 0.6 is 0 Å². The Hall–Kier alpha value is -3.42. The summed E-state index contributed by atoms with van der Waals surface area (Å²) in [5.74, 6) is 1.77. The molecule has 1 aliphatic rings. The number of aromatic nitrogens is 3. The van der Waals surface area contributed by atoms with E-state index in [9.17, 15) is 0 Å². The molecule has 2 aromatic heterocycles. The lowest BCUT2D eigenvalue weighted by Gasteiger charge is -2.29. The normalized spacial score (nSPS) is 14.2. The molecule has 158 valence electrons. The van der Waals surface area contributed by atoms with Gasteiger partial charge < -0.3 is 15.1 Å². The minimum Gasteiger partial charge on any atom is -0.378 e. The van der Waals surface area contributed by atoms with Crippen LogP contribution in [0.2, 0.25) is 0 Å². The predicted octanol–water partition coefficient (Wildman–Crippen LogP) is 3.66. The molecule has 7 nitrogen and oxygen atoms in total. The van der Waals surface area contributed by atoms with Crippen LogP contribution in [-0.2, 0) is 11.3 Å². The maximum Gasteiger partial charge on any atom is 0.160 e. The van der Waals surface area contributed by atoms with Gasteiger partial charge >= 0.3 is 0 Å². The van der Waals surface area contributed by atoms with Crippen molar-refractivity contribution in [3.63, 3.8) is 0 Å². The topological polar surface area (TPSA) is 66.7 Å². The van der Waals surface area contributed by atoms with E-state index < -0.39 is 0 Å². The number of fused-ring (bicyclic) bond motifs is 1. The van der Waals surface area contributed by atoms with Crippen molar-refractivity contribution in [1.29, 1.82) is 0 Å². The number of rotatable bonds is 6. The molecule has 0 radical (unpaired) electrons. The Kier molecular flexibility index (Phi) is 5.52. The molecule has 31 heavy (non-hydrogen) atoms. The van der Waals surface area contributed by atoms with Gasteiger partial charge in [0.1, 0.15) is 11.6 Å². The Morgan fingerprint density at radius 1 is 0.968 bits per heavy atom. The molecule has 5 rings (SSSR count). The zero-order chi connectivity index (χ0) is 21.0. The Balaban J connectivity index is 1.45. The molecule has 1 saturated heterocycles. The second-order valence-electron chi connectivity index (χ2n) is 7.73. The third-order valence-electron chi connectivity index (χ3n) is 5.40. The molecule has 2 aromatic carbocycles. The van der Waals surface area contributed by atoms with Gasteiger partial charge in [0.15, 0.2) is 5.65 Å². The van der Waals surface area contributed by atoms with Crippen LogP contribution in [-0.4, -0.2) is 40.9 Å². The van der Waals surface area contributed by atoms with E-state index in [0.717, 1.165) is 41.6 Å². The minimum absolute atomic E-state index is 0.704. The van der Waals surface area contributed by atoms with Crippen LogP contribution in [0.1, 0.15) is 11.1 Å². The number of anilines is 2. The van der Waals surface area contributed by atoms with Crippen molar-refractivity contribution in [2.45, 2.75) is 13.5 Å². The van der Waals surface area contributed by atoms with Crippen molar-refractivity contribution in [2.24, 2.45) is 0 Å². The first kappa shape index (κ1) is 19.5. The highest BCUT2D eigenvalue weighted by atomic mass is 16.5. The molecule has 0 bridgehead atoms. The number of hydrazine groups is 1. The van der Waals surface area contributed by atoms with Gasteiger partial charge in [0.05, 0.1) is 18.9 Å². The van der Waals surface area contributed by atoms with E-state index in [1.54, 1.807) is 0 Å². The monoisotopic (exact) mass is 414 g/mol. The van der Waals surface area contributed by atoms with Crippen LogP contribution < -0.4 is 15.8 Å². The van der Waals surface area contributed by atoms with E-state index >= 15 is 0 Å². The van der Waals surface area contributed by atoms with Crippen molar-refractivity contribution in [3.05, 3.63) is 77.9 Å². The second-order valence-corrected chi connectivity index (χ2v) is 7.73. The largest absolute Gasteiger partial charge is 0.378 e. The van der Waals surface area contributed by atoms with E-state index in [2.05, 4.69) is 59.1 Å². The van der Waals surface area contributed by atoms with Crippen molar-refractivity contribution >= 4 is 17.3 Å². The lowest BCUT2D eigenvalue weighted by Crippen LogP contribution is -2.37. The first-order chi connectivity index (χ1) is 15.3. The van der Waals surface area contributed by atoms with E-state index in [1.807, 2.05) is 34.8 Å². The summed E-state index contributed by atoms with van der Waals surface area (Å²) in [6, 6.07) is 22.7. The molecule has 0 unspecified atom stereocenters. The fourth-order valence-corrected chi connectivity index (χ4v) is 3.85. The predicted molar refractivity (Wildman–Crippen MR) is 123 cm³/mol. The molecule has 1 fully saturated rings. The van der Waals surface area contributed by atoms with Crippen molar-refractivity contribution in [2.75, 3.05) is 36.6 Å². The summed E-state index contributed by atoms with van der Waals surface area (Å²) in [7, 11) is 0. The SMILES string of the molecule is Cc1cccc(CNNc2cc(N3CCOCC3)n3nc(-c4ccccc4)cc3n2)c1. The summed E-state index contributed by atoms with van der Waals surface area (Å²) in [6.07, 6.45) is 0. The summed E-state index contributed by atoms with van der Waals surface area (Å²) < 4.78 is 7.48. The van der Waals surface area contributed by atoms with Crippen LogP contribution in [0, 0.1) is 6.92 Å². The number of ether oxygens (including phenoxy) is 1. The van der Waals surface area contributed by atoms with Crippen LogP contribution in [0.15, 0.2) is 66.7 Å². The Labute approximate surface area is 181 Å². The van der Waals surface area contributed by atoms with Gasteiger partial charge in [-0.25, -0.2) is 10.4 Å². The Bertz CT molecular complexity index is 1170. The minimum atomic E-state index is 0.704. The lowest BCUT2D eigenvalue weighted by molar-refractivity contribution is 0.122. The number of aryl methyl sites for hydroxylation is 1. The Morgan fingerprint density at radius 2 is 1.81 bits per heavy atom. The maximum absolute atomic E-state index is 5.55. The molecule has 4 aromatic rings. The van der Waals surface area contributed by atoms with Crippen LogP contribution in [0.25, 0.3) is 16.9 Å². The summed E-state index contributed by atoms with van der Waals surface area (Å²) in [6.45, 7) is 5.89. The number of morpholine rings is 1. The molecule has 0 aliphatic carbocycles. The van der Waals surface area contributed by atoms with E-state index in [4.69, 9.17) is 14.8 Å². The third kappa shape index (κ3) is 4.38. The fourth-order valence-electron chi connectivity index (χ4n) is 3.85. The number of hydrogen-bond donors (Lipinski definition) is 2. The van der Waals surface area contributed by atoms with Crippen molar-refractivity contribution in [3.8, 4) is 11.3 Å². The highest BCUT2D eigenvalue weighted by molar-refractivity contribution is 5.67. The van der Waals surface area contributed by atoms with E-state index in [1.165, 1.54) is 11.1 Å². The van der Waals surface area contributed by atoms with Gasteiger partial charge in [-0.1, -0.05) is 60.2 Å². The van der Waals surface area contributed by atoms with Gasteiger partial charge in [-0.15, -0.1) is 0 Å². The molecular formula is C24H26N6O. The average Bonchev–Trinajstić information content (AvgIpc) is 3.24. The quantitative estimate of drug-likeness (QED) is 0.470. The summed E-state index contributed by atoms with van der Waals surface area (Å²) >= 11 is 0. The average molecular weight is 415 g/mol. The molecular weight excluding hydrogens is 388 g/mol. The van der Waals surface area contributed by atoms with Crippen molar-refractivity contribution in [1.82, 2.24) is 20.0 Å². The number of nitrogens with one attached hydrogen (secondary N) is 2. The van der Waals surface area contributed by atoms with E-state index in [0.29, 0.717) is 19.8 Å². The number of benzene rings is 2. The molecule has 3 heterocycles. The zero-order valence-electron chi connectivity index (χ0n) is 17.6. The van der Waals surface area contributed by atoms with Crippen LogP contribution in [0.3, 0.4) is 0 Å². The molecule has 1 aliphatic heterocycles. The molecule has 0 atom stereocenters. The molecule has 0 amide bonds. The molecule has 0 saturated carbocycles. The number of hydrogen-bond acceptors (Lipinski definition) is 6. The van der Waals surface area contributed by atoms with Gasteiger partial charge in [0.25, 0.3) is 0 Å². The van der Waals surface area contributed by atoms with Crippen LogP contribution in [0.5, 0.6) is 0 Å². The standard InChI is InChI=1S/C24H26N6O/c1-18-6-5-7-19(14-18)17-25-27-22-16-24(29-10-12-31-13-11-29)30-23(26-22)15-21(28-30)20-8-3-2-4-9-20/h2-9,14-16,25H,10-13,17H2,1H3,(H,26,27). The smallest absolute Gasteiger partial charge is 0.160 e. The van der Waals surface area contributed by atoms with Gasteiger partial charge in [-0.2, -0.15) is 9.61 Å². The molecule has 7 heteroatoms. The highest BCUT2D eigenvalue weighted by Crippen LogP contribution is 2.25.